The number of carboxylic acids is 1. The van der Waals surface area contributed by atoms with Gasteiger partial charge in [-0.15, -0.1) is 0 Å². The highest BCUT2D eigenvalue weighted by molar-refractivity contribution is 7.19. The smallest absolute Gasteiger partial charge is 0.305 e. The fourth-order valence-corrected chi connectivity index (χ4v) is 5.57. The molecule has 1 N–H and O–H groups in total. The third-order valence-electron chi connectivity index (χ3n) is 6.02. The lowest BCUT2D eigenvalue weighted by atomic mass is 10.0. The van der Waals surface area contributed by atoms with Crippen LogP contribution in [0.5, 0.6) is 0 Å². The second-order valence-electron chi connectivity index (χ2n) is 8.21. The van der Waals surface area contributed by atoms with Crippen LogP contribution < -0.4 is 4.90 Å². The van der Waals surface area contributed by atoms with Gasteiger partial charge in [-0.1, -0.05) is 78.1 Å². The van der Waals surface area contributed by atoms with Crippen molar-refractivity contribution in [1.29, 1.82) is 0 Å². The van der Waals surface area contributed by atoms with Crippen molar-refractivity contribution < 1.29 is 14.3 Å². The molecule has 1 aliphatic rings. The van der Waals surface area contributed by atoms with E-state index < -0.39 is 5.97 Å². The zero-order valence-electron chi connectivity index (χ0n) is 17.9. The molecule has 166 valence electrons. The van der Waals surface area contributed by atoms with Gasteiger partial charge in [-0.3, -0.25) is 4.79 Å². The van der Waals surface area contributed by atoms with E-state index in [1.165, 1.54) is 12.1 Å². The van der Waals surface area contributed by atoms with E-state index in [9.17, 15) is 14.3 Å². The number of carboxylic acid groups (broad SMARTS) is 1. The number of halogens is 1. The molecule has 0 spiro atoms. The molecule has 1 unspecified atom stereocenters. The summed E-state index contributed by atoms with van der Waals surface area (Å²) in [6.07, 6.45) is 1.97. The molecule has 4 aromatic rings. The van der Waals surface area contributed by atoms with Crippen molar-refractivity contribution in [3.05, 3.63) is 84.7 Å². The molecule has 1 saturated heterocycles. The van der Waals surface area contributed by atoms with E-state index in [4.69, 9.17) is 4.98 Å². The molecule has 0 amide bonds. The summed E-state index contributed by atoms with van der Waals surface area (Å²) in [5.74, 6) is -1.02. The molecule has 0 bridgehead atoms. The van der Waals surface area contributed by atoms with E-state index in [0.29, 0.717) is 0 Å². The standard InChI is InChI=1S/C27H23FN2O2S/c28-22-14-12-19(13-15-22)18-8-10-20(11-9-18)25-26(21-5-2-1-3-6-21)33-27(29-25)30-16-4-7-23(30)17-24(31)32/h1-3,5-6,8-15,23H,4,7,16-17H2,(H,31,32). The zero-order chi connectivity index (χ0) is 22.8. The van der Waals surface area contributed by atoms with Crippen molar-refractivity contribution in [2.24, 2.45) is 0 Å². The minimum absolute atomic E-state index is 0.0222. The zero-order valence-corrected chi connectivity index (χ0v) is 18.8. The largest absolute Gasteiger partial charge is 0.481 e. The summed E-state index contributed by atoms with van der Waals surface area (Å²) in [6, 6.07) is 24.8. The Hall–Kier alpha value is -3.51. The lowest BCUT2D eigenvalue weighted by molar-refractivity contribution is -0.137. The second-order valence-corrected chi connectivity index (χ2v) is 9.19. The van der Waals surface area contributed by atoms with Gasteiger partial charge in [-0.2, -0.15) is 0 Å². The van der Waals surface area contributed by atoms with Crippen molar-refractivity contribution in [3.63, 3.8) is 0 Å². The minimum atomic E-state index is -0.775. The SMILES string of the molecule is O=C(O)CC1CCCN1c1nc(-c2ccc(-c3ccc(F)cc3)cc2)c(-c2ccccc2)s1. The van der Waals surface area contributed by atoms with Gasteiger partial charge in [0.2, 0.25) is 0 Å². The van der Waals surface area contributed by atoms with Crippen molar-refractivity contribution in [2.45, 2.75) is 25.3 Å². The average Bonchev–Trinajstić information content (AvgIpc) is 3.47. The highest BCUT2D eigenvalue weighted by Crippen LogP contribution is 2.42. The maximum atomic E-state index is 13.3. The van der Waals surface area contributed by atoms with Gasteiger partial charge < -0.3 is 10.0 Å². The Balaban J connectivity index is 1.53. The van der Waals surface area contributed by atoms with Crippen molar-refractivity contribution in [2.75, 3.05) is 11.4 Å². The number of aromatic nitrogens is 1. The fraction of sp³-hybridized carbons (Fsp3) is 0.185. The van der Waals surface area contributed by atoms with Crippen LogP contribution in [0, 0.1) is 5.82 Å². The Bertz CT molecular complexity index is 1250. The number of nitrogens with zero attached hydrogens (tertiary/aromatic N) is 2. The first-order chi connectivity index (χ1) is 16.1. The molecule has 6 heteroatoms. The van der Waals surface area contributed by atoms with Gasteiger partial charge in [0.15, 0.2) is 5.13 Å². The van der Waals surface area contributed by atoms with Gasteiger partial charge in [0, 0.05) is 18.2 Å². The number of carbonyl (C=O) groups is 1. The topological polar surface area (TPSA) is 53.4 Å². The lowest BCUT2D eigenvalue weighted by Gasteiger charge is -2.22. The van der Waals surface area contributed by atoms with Crippen LogP contribution in [0.15, 0.2) is 78.9 Å². The van der Waals surface area contributed by atoms with Gasteiger partial charge in [0.05, 0.1) is 17.0 Å². The van der Waals surface area contributed by atoms with Crippen LogP contribution in [0.2, 0.25) is 0 Å². The summed E-state index contributed by atoms with van der Waals surface area (Å²) in [6.45, 7) is 0.822. The first-order valence-electron chi connectivity index (χ1n) is 11.0. The molecular formula is C27H23FN2O2S. The number of benzene rings is 3. The molecule has 1 aliphatic heterocycles. The molecule has 1 aromatic heterocycles. The molecule has 1 atom stereocenters. The first-order valence-corrected chi connectivity index (χ1v) is 11.8. The number of hydrogen-bond acceptors (Lipinski definition) is 4. The van der Waals surface area contributed by atoms with Gasteiger partial charge >= 0.3 is 5.97 Å². The second kappa shape index (κ2) is 9.16. The van der Waals surface area contributed by atoms with E-state index in [-0.39, 0.29) is 18.3 Å². The Morgan fingerprint density at radius 2 is 1.58 bits per heavy atom. The summed E-state index contributed by atoms with van der Waals surface area (Å²) in [7, 11) is 0. The minimum Gasteiger partial charge on any atom is -0.481 e. The summed E-state index contributed by atoms with van der Waals surface area (Å²) < 4.78 is 13.3. The van der Waals surface area contributed by atoms with Crippen molar-refractivity contribution in [1.82, 2.24) is 4.98 Å². The van der Waals surface area contributed by atoms with Crippen molar-refractivity contribution in [3.8, 4) is 32.8 Å². The number of aliphatic carboxylic acids is 1. The Kier molecular flexibility index (Phi) is 5.92. The molecule has 33 heavy (non-hydrogen) atoms. The van der Waals surface area contributed by atoms with E-state index in [2.05, 4.69) is 17.0 Å². The molecule has 1 fully saturated rings. The number of thiazole rings is 1. The van der Waals surface area contributed by atoms with Gasteiger partial charge in [0.1, 0.15) is 5.82 Å². The van der Waals surface area contributed by atoms with E-state index in [0.717, 1.165) is 57.3 Å². The molecular weight excluding hydrogens is 435 g/mol. The van der Waals surface area contributed by atoms with Crippen LogP contribution in [0.3, 0.4) is 0 Å². The molecule has 5 rings (SSSR count). The highest BCUT2D eigenvalue weighted by atomic mass is 32.1. The third-order valence-corrected chi connectivity index (χ3v) is 7.16. The van der Waals surface area contributed by atoms with Crippen LogP contribution in [0.4, 0.5) is 9.52 Å². The van der Waals surface area contributed by atoms with Gasteiger partial charge in [-0.25, -0.2) is 9.37 Å². The predicted octanol–water partition coefficient (Wildman–Crippen LogP) is 6.73. The predicted molar refractivity (Wildman–Crippen MR) is 131 cm³/mol. The molecule has 2 heterocycles. The van der Waals surface area contributed by atoms with Crippen LogP contribution in [0.1, 0.15) is 19.3 Å². The Labute approximate surface area is 196 Å². The first kappa shape index (κ1) is 21.3. The summed E-state index contributed by atoms with van der Waals surface area (Å²) in [5, 5.41) is 10.2. The van der Waals surface area contributed by atoms with Gasteiger partial charge in [0.25, 0.3) is 0 Å². The number of rotatable bonds is 6. The van der Waals surface area contributed by atoms with Crippen molar-refractivity contribution >= 4 is 22.4 Å². The molecule has 3 aromatic carbocycles. The molecule has 0 radical (unpaired) electrons. The van der Waals surface area contributed by atoms with E-state index in [1.54, 1.807) is 23.5 Å². The quantitative estimate of drug-likeness (QED) is 0.348. The maximum absolute atomic E-state index is 13.3. The van der Waals surface area contributed by atoms with Crippen LogP contribution >= 0.6 is 11.3 Å². The number of hydrogen-bond donors (Lipinski definition) is 1. The number of anilines is 1. The van der Waals surface area contributed by atoms with E-state index >= 15 is 0 Å². The lowest BCUT2D eigenvalue weighted by Crippen LogP contribution is -2.31. The summed E-state index contributed by atoms with van der Waals surface area (Å²) in [5.41, 5.74) is 4.95. The Morgan fingerprint density at radius 1 is 0.939 bits per heavy atom. The monoisotopic (exact) mass is 458 g/mol. The van der Waals surface area contributed by atoms with E-state index in [1.807, 2.05) is 42.5 Å². The normalized spacial score (nSPS) is 15.7. The molecule has 0 saturated carbocycles. The molecule has 0 aliphatic carbocycles. The fourth-order valence-electron chi connectivity index (χ4n) is 4.38. The Morgan fingerprint density at radius 3 is 2.24 bits per heavy atom. The molecule has 4 nitrogen and oxygen atoms in total. The summed E-state index contributed by atoms with van der Waals surface area (Å²) >= 11 is 1.62. The summed E-state index contributed by atoms with van der Waals surface area (Å²) in [4.78, 5) is 19.6. The van der Waals surface area contributed by atoms with Gasteiger partial charge in [-0.05, 0) is 41.7 Å². The highest BCUT2D eigenvalue weighted by Gasteiger charge is 2.30. The van der Waals surface area contributed by atoms with Crippen LogP contribution in [-0.2, 0) is 4.79 Å². The van der Waals surface area contributed by atoms with Crippen LogP contribution in [0.25, 0.3) is 32.8 Å². The average molecular weight is 459 g/mol. The maximum Gasteiger partial charge on any atom is 0.305 e. The third kappa shape index (κ3) is 4.52. The van der Waals surface area contributed by atoms with Crippen LogP contribution in [-0.4, -0.2) is 28.6 Å².